The molecule has 0 aliphatic carbocycles. The summed E-state index contributed by atoms with van der Waals surface area (Å²) in [5.74, 6) is -1.01. The molecule has 1 aromatic heterocycles. The molecule has 9 nitrogen and oxygen atoms in total. The van der Waals surface area contributed by atoms with E-state index in [0.29, 0.717) is 27.4 Å². The smallest absolute Gasteiger partial charge is 0.306 e. The van der Waals surface area contributed by atoms with Crippen LogP contribution in [0.5, 0.6) is 0 Å². The summed E-state index contributed by atoms with van der Waals surface area (Å²) in [6, 6.07) is 9.59. The molecule has 0 saturated carbocycles. The average Bonchev–Trinajstić information content (AvgIpc) is 3.19. The maximum Gasteiger partial charge on any atom is 0.306 e. The van der Waals surface area contributed by atoms with Crippen LogP contribution >= 0.6 is 11.6 Å². The van der Waals surface area contributed by atoms with Crippen molar-refractivity contribution in [3.8, 4) is 0 Å². The fourth-order valence-electron chi connectivity index (χ4n) is 5.07. The molecule has 2 aliphatic heterocycles. The minimum Gasteiger partial charge on any atom is -0.481 e. The summed E-state index contributed by atoms with van der Waals surface area (Å²) in [5, 5.41) is 16.9. The van der Waals surface area contributed by atoms with Crippen LogP contribution in [0.15, 0.2) is 42.6 Å². The number of amides is 1. The molecule has 1 fully saturated rings. The number of carboxylic acids is 1. The Morgan fingerprint density at radius 2 is 1.88 bits per heavy atom. The molecule has 3 heterocycles. The molecule has 42 heavy (non-hydrogen) atoms. The van der Waals surface area contributed by atoms with Gasteiger partial charge in [0.2, 0.25) is 0 Å². The average molecular weight is 599 g/mol. The molecule has 3 aromatic rings. The van der Waals surface area contributed by atoms with Gasteiger partial charge >= 0.3 is 5.97 Å². The highest BCUT2D eigenvalue weighted by molar-refractivity contribution is 6.31. The number of carbonyl (C=O) groups excluding carboxylic acids is 1. The maximum atomic E-state index is 14.5. The molecule has 4 N–H and O–H groups in total. The Hall–Kier alpha value is -3.47. The summed E-state index contributed by atoms with van der Waals surface area (Å²) in [6.07, 6.45) is 4.51. The van der Waals surface area contributed by atoms with E-state index in [4.69, 9.17) is 22.4 Å². The number of piperidine rings is 1. The maximum absolute atomic E-state index is 14.5. The Morgan fingerprint density at radius 1 is 1.17 bits per heavy atom. The third-order valence-electron chi connectivity index (χ3n) is 7.71. The van der Waals surface area contributed by atoms with Gasteiger partial charge in [-0.3, -0.25) is 14.3 Å². The number of rotatable bonds is 5. The number of aliphatic carboxylic acids is 1. The lowest BCUT2D eigenvalue weighted by Gasteiger charge is -2.32. The van der Waals surface area contributed by atoms with E-state index < -0.39 is 17.7 Å². The minimum atomic E-state index is -0.620. The van der Waals surface area contributed by atoms with E-state index in [1.807, 2.05) is 0 Å². The molecule has 0 spiro atoms. The zero-order valence-corrected chi connectivity index (χ0v) is 25.4. The molecule has 11 heteroatoms. The van der Waals surface area contributed by atoms with Crippen molar-refractivity contribution >= 4 is 40.7 Å². The van der Waals surface area contributed by atoms with Gasteiger partial charge in [-0.2, -0.15) is 5.10 Å². The Labute approximate surface area is 251 Å². The van der Waals surface area contributed by atoms with E-state index >= 15 is 0 Å². The number of hydrogen-bond acceptors (Lipinski definition) is 6. The number of anilines is 3. The molecule has 5 rings (SSSR count). The lowest BCUT2D eigenvalue weighted by molar-refractivity contribution is -0.143. The lowest BCUT2D eigenvalue weighted by atomic mass is 9.91. The molecule has 1 amide bonds. The highest BCUT2D eigenvalue weighted by Crippen LogP contribution is 2.38. The minimum absolute atomic E-state index is 0.0135. The SMILES string of the molecule is CC(C)(C)CCN1CCC(C(=O)O)CC1.Cn1ncc2c1Nc1cc(Cl)ccc1N(C(=O)c1ccc(CN)cc1F)C2. The largest absolute Gasteiger partial charge is 0.481 e. The summed E-state index contributed by atoms with van der Waals surface area (Å²) < 4.78 is 16.2. The number of halogens is 2. The van der Waals surface area contributed by atoms with Crippen LogP contribution in [0.25, 0.3) is 0 Å². The first-order valence-corrected chi connectivity index (χ1v) is 14.6. The van der Waals surface area contributed by atoms with Gasteiger partial charge in [0.15, 0.2) is 0 Å². The number of benzene rings is 2. The van der Waals surface area contributed by atoms with Crippen LogP contribution in [-0.4, -0.2) is 51.3 Å². The Morgan fingerprint density at radius 3 is 2.50 bits per heavy atom. The molecule has 0 unspecified atom stereocenters. The molecule has 2 aromatic carbocycles. The first-order chi connectivity index (χ1) is 19.9. The quantitative estimate of drug-likeness (QED) is 0.340. The summed E-state index contributed by atoms with van der Waals surface area (Å²) in [6.45, 7) is 10.2. The van der Waals surface area contributed by atoms with Crippen molar-refractivity contribution in [2.24, 2.45) is 24.1 Å². The second-order valence-electron chi connectivity index (χ2n) is 12.1. The first kappa shape index (κ1) is 31.5. The second kappa shape index (κ2) is 13.2. The Kier molecular flexibility index (Phi) is 9.91. The van der Waals surface area contributed by atoms with Crippen LogP contribution in [-0.2, 0) is 24.9 Å². The van der Waals surface area contributed by atoms with E-state index in [0.717, 1.165) is 43.9 Å². The number of carboxylic acid groups (broad SMARTS) is 1. The van der Waals surface area contributed by atoms with Gasteiger partial charge < -0.3 is 26.0 Å². The topological polar surface area (TPSA) is 117 Å². The zero-order chi connectivity index (χ0) is 30.6. The number of hydrogen-bond donors (Lipinski definition) is 3. The molecule has 2 aliphatic rings. The Bertz CT molecular complexity index is 1430. The predicted octanol–water partition coefficient (Wildman–Crippen LogP) is 5.79. The van der Waals surface area contributed by atoms with Gasteiger partial charge in [-0.05, 0) is 80.2 Å². The standard InChI is InChI=1S/C19H17ClFN5O.C12H23NO2/c1-25-18-12(9-23-25)10-26(17-5-3-13(20)7-16(17)24-18)19(27)14-4-2-11(8-22)6-15(14)21;1-12(2,3)6-9-13-7-4-10(5-8-13)11(14)15/h2-7,9,24H,8,10,22H2,1H3;10H,4-9H2,1-3H3,(H,14,15). The number of likely N-dealkylation sites (tertiary alicyclic amines) is 1. The fourth-order valence-corrected chi connectivity index (χ4v) is 5.24. The summed E-state index contributed by atoms with van der Waals surface area (Å²) in [7, 11) is 1.80. The molecule has 1 saturated heterocycles. The number of nitrogens with zero attached hydrogens (tertiary/aromatic N) is 4. The van der Waals surface area contributed by atoms with Gasteiger partial charge in [0.25, 0.3) is 5.91 Å². The number of nitrogens with two attached hydrogens (primary N) is 1. The van der Waals surface area contributed by atoms with Crippen LogP contribution in [0.4, 0.5) is 21.6 Å². The van der Waals surface area contributed by atoms with Gasteiger partial charge in [-0.15, -0.1) is 0 Å². The second-order valence-corrected chi connectivity index (χ2v) is 12.5. The van der Waals surface area contributed by atoms with Crippen molar-refractivity contribution in [1.29, 1.82) is 0 Å². The van der Waals surface area contributed by atoms with E-state index in [1.54, 1.807) is 42.2 Å². The lowest BCUT2D eigenvalue weighted by Crippen LogP contribution is -2.37. The fraction of sp³-hybridized carbons (Fsp3) is 0.452. The van der Waals surface area contributed by atoms with E-state index in [-0.39, 0.29) is 24.6 Å². The summed E-state index contributed by atoms with van der Waals surface area (Å²) in [5.41, 5.74) is 8.62. The Balaban J connectivity index is 0.000000230. The van der Waals surface area contributed by atoms with Crippen molar-refractivity contribution in [3.63, 3.8) is 0 Å². The number of aromatic nitrogens is 2. The predicted molar refractivity (Wildman–Crippen MR) is 164 cm³/mol. The number of carbonyl (C=O) groups is 2. The monoisotopic (exact) mass is 598 g/mol. The van der Waals surface area contributed by atoms with Gasteiger partial charge in [0.05, 0.1) is 35.6 Å². The van der Waals surface area contributed by atoms with Crippen LogP contribution in [0.2, 0.25) is 5.02 Å². The van der Waals surface area contributed by atoms with E-state index in [1.165, 1.54) is 23.5 Å². The van der Waals surface area contributed by atoms with Gasteiger partial charge in [-0.1, -0.05) is 38.4 Å². The summed E-state index contributed by atoms with van der Waals surface area (Å²) >= 11 is 6.14. The molecule has 226 valence electrons. The van der Waals surface area contributed by atoms with Crippen molar-refractivity contribution in [2.75, 3.05) is 29.9 Å². The third-order valence-corrected chi connectivity index (χ3v) is 7.94. The van der Waals surface area contributed by atoms with Gasteiger partial charge in [0, 0.05) is 24.2 Å². The third kappa shape index (κ3) is 7.67. The van der Waals surface area contributed by atoms with Crippen molar-refractivity contribution in [1.82, 2.24) is 14.7 Å². The normalized spacial score (nSPS) is 15.5. The highest BCUT2D eigenvalue weighted by atomic mass is 35.5. The van der Waals surface area contributed by atoms with Crippen molar-refractivity contribution in [3.05, 3.63) is 70.1 Å². The van der Waals surface area contributed by atoms with Gasteiger partial charge in [0.1, 0.15) is 11.6 Å². The molecule has 0 radical (unpaired) electrons. The molecular weight excluding hydrogens is 559 g/mol. The van der Waals surface area contributed by atoms with Crippen molar-refractivity contribution < 1.29 is 19.1 Å². The number of fused-ring (bicyclic) bond motifs is 2. The van der Waals surface area contributed by atoms with Crippen LogP contribution in [0.1, 0.15) is 61.5 Å². The van der Waals surface area contributed by atoms with Crippen LogP contribution in [0.3, 0.4) is 0 Å². The number of aryl methyl sites for hydroxylation is 1. The van der Waals surface area contributed by atoms with Crippen LogP contribution in [0, 0.1) is 17.2 Å². The molecule has 0 bridgehead atoms. The van der Waals surface area contributed by atoms with Crippen LogP contribution < -0.4 is 16.0 Å². The van der Waals surface area contributed by atoms with E-state index in [2.05, 4.69) is 36.1 Å². The summed E-state index contributed by atoms with van der Waals surface area (Å²) in [4.78, 5) is 27.9. The van der Waals surface area contributed by atoms with Gasteiger partial charge in [-0.25, -0.2) is 4.39 Å². The zero-order valence-electron chi connectivity index (χ0n) is 24.7. The first-order valence-electron chi connectivity index (χ1n) is 14.2. The highest BCUT2D eigenvalue weighted by Gasteiger charge is 2.29. The van der Waals surface area contributed by atoms with E-state index in [9.17, 15) is 14.0 Å². The molecule has 0 atom stereocenters. The van der Waals surface area contributed by atoms with Crippen molar-refractivity contribution in [2.45, 2.75) is 53.1 Å². The molecular formula is C31H40ClFN6O3. The number of nitrogens with one attached hydrogen (secondary N) is 1.